The van der Waals surface area contributed by atoms with Crippen LogP contribution in [0.1, 0.15) is 35.2 Å². The van der Waals surface area contributed by atoms with Crippen LogP contribution in [0, 0.1) is 36.5 Å². The second kappa shape index (κ2) is 10.4. The van der Waals surface area contributed by atoms with Crippen molar-refractivity contribution in [2.24, 2.45) is 5.73 Å². The van der Waals surface area contributed by atoms with Crippen molar-refractivity contribution in [3.05, 3.63) is 80.5 Å². The number of carbonyl (C=O) groups is 1. The maximum atomic E-state index is 13.0. The van der Waals surface area contributed by atoms with Crippen LogP contribution in [-0.4, -0.2) is 23.3 Å². The van der Waals surface area contributed by atoms with E-state index in [1.807, 2.05) is 19.9 Å². The summed E-state index contributed by atoms with van der Waals surface area (Å²) in [5, 5.41) is 20.4. The van der Waals surface area contributed by atoms with Crippen molar-refractivity contribution >= 4 is 29.3 Å². The van der Waals surface area contributed by atoms with E-state index in [0.717, 1.165) is 11.3 Å². The summed E-state index contributed by atoms with van der Waals surface area (Å²) < 4.78 is 11.1. The molecular weight excluding hydrogens is 460 g/mol. The molecule has 1 atom stereocenters. The van der Waals surface area contributed by atoms with Gasteiger partial charge in [0, 0.05) is 10.7 Å². The average molecular weight is 481 g/mol. The smallest absolute Gasteiger partial charge is 0.338 e. The summed E-state index contributed by atoms with van der Waals surface area (Å²) in [4.78, 5) is 17.5. The summed E-state index contributed by atoms with van der Waals surface area (Å²) in [7, 11) is 0. The van der Waals surface area contributed by atoms with Crippen molar-refractivity contribution < 1.29 is 14.3 Å². The minimum absolute atomic E-state index is 0.0880. The third-order valence-corrected chi connectivity index (χ3v) is 6.19. The van der Waals surface area contributed by atoms with E-state index in [2.05, 4.69) is 17.1 Å². The number of benzene rings is 1. The van der Waals surface area contributed by atoms with Crippen LogP contribution in [0.4, 0.5) is 0 Å². The van der Waals surface area contributed by atoms with Gasteiger partial charge in [0.15, 0.2) is 0 Å². The molecule has 168 valence electrons. The van der Waals surface area contributed by atoms with E-state index in [-0.39, 0.29) is 35.1 Å². The van der Waals surface area contributed by atoms with E-state index in [4.69, 9.17) is 26.8 Å². The highest BCUT2D eigenvalue weighted by Crippen LogP contribution is 2.41. The number of pyridine rings is 1. The SMILES string of the molecule is CCOC(=O)C1=C(CSc2nc(C)cc(C)c2C#N)OC(N)=C(C#N)[C@H]1c1ccc(Cl)cc1. The molecule has 33 heavy (non-hydrogen) atoms. The first-order valence-electron chi connectivity index (χ1n) is 10.0. The fourth-order valence-corrected chi connectivity index (χ4v) is 4.69. The zero-order valence-electron chi connectivity index (χ0n) is 18.3. The number of nitriles is 2. The Bertz CT molecular complexity index is 1240. The third kappa shape index (κ3) is 5.14. The molecule has 1 aromatic carbocycles. The Morgan fingerprint density at radius 3 is 2.58 bits per heavy atom. The Kier molecular flexibility index (Phi) is 7.65. The van der Waals surface area contributed by atoms with Crippen LogP contribution in [0.2, 0.25) is 5.02 Å². The van der Waals surface area contributed by atoms with E-state index in [1.54, 1.807) is 31.2 Å². The predicted molar refractivity (Wildman–Crippen MR) is 125 cm³/mol. The first-order chi connectivity index (χ1) is 15.8. The van der Waals surface area contributed by atoms with Crippen molar-refractivity contribution in [3.8, 4) is 12.1 Å². The Labute approximate surface area is 201 Å². The van der Waals surface area contributed by atoms with Crippen LogP contribution in [0.5, 0.6) is 0 Å². The number of carbonyl (C=O) groups excluding carboxylic acids is 1. The third-order valence-electron chi connectivity index (χ3n) is 4.96. The lowest BCUT2D eigenvalue weighted by Gasteiger charge is -2.28. The van der Waals surface area contributed by atoms with Crippen LogP contribution in [-0.2, 0) is 14.3 Å². The number of nitrogens with two attached hydrogens (primary N) is 1. The molecule has 2 N–H and O–H groups in total. The molecule has 0 amide bonds. The van der Waals surface area contributed by atoms with Crippen LogP contribution in [0.25, 0.3) is 0 Å². The molecule has 2 aromatic rings. The van der Waals surface area contributed by atoms with Gasteiger partial charge in [-0.25, -0.2) is 9.78 Å². The summed E-state index contributed by atoms with van der Waals surface area (Å²) in [6, 6.07) is 12.9. The van der Waals surface area contributed by atoms with Crippen molar-refractivity contribution in [1.82, 2.24) is 4.98 Å². The molecule has 0 bridgehead atoms. The number of ether oxygens (including phenoxy) is 2. The van der Waals surface area contributed by atoms with E-state index in [0.29, 0.717) is 21.2 Å². The number of hydrogen-bond acceptors (Lipinski definition) is 8. The largest absolute Gasteiger partial charge is 0.463 e. The molecule has 1 aromatic heterocycles. The van der Waals surface area contributed by atoms with Crippen LogP contribution in [0.3, 0.4) is 0 Å². The van der Waals surface area contributed by atoms with Gasteiger partial charge in [-0.2, -0.15) is 10.5 Å². The minimum atomic E-state index is -0.779. The lowest BCUT2D eigenvalue weighted by Crippen LogP contribution is -2.27. The molecule has 0 spiro atoms. The van der Waals surface area contributed by atoms with Crippen LogP contribution >= 0.6 is 23.4 Å². The number of thioether (sulfide) groups is 1. The summed E-state index contributed by atoms with van der Waals surface area (Å²) in [6.07, 6.45) is 0. The Morgan fingerprint density at radius 1 is 1.27 bits per heavy atom. The average Bonchev–Trinajstić information content (AvgIpc) is 2.77. The molecule has 7 nitrogen and oxygen atoms in total. The molecule has 9 heteroatoms. The molecule has 0 fully saturated rings. The highest BCUT2D eigenvalue weighted by atomic mass is 35.5. The number of allylic oxidation sites excluding steroid dienone is 1. The Morgan fingerprint density at radius 2 is 1.97 bits per heavy atom. The van der Waals surface area contributed by atoms with Crippen LogP contribution in [0.15, 0.2) is 58.1 Å². The van der Waals surface area contributed by atoms with E-state index >= 15 is 0 Å². The standard InChI is InChI=1S/C24H21ClN4O3S/c1-4-31-24(30)21-19(12-33-23-17(10-26)13(2)9-14(3)29-23)32-22(28)18(11-27)20(21)15-5-7-16(25)8-6-15/h5-9,20H,4,12,28H2,1-3H3/t20-/m1/s1. The number of rotatable bonds is 6. The number of aromatic nitrogens is 1. The second-order valence-corrected chi connectivity index (χ2v) is 8.60. The Hall–Kier alpha value is -3.46. The molecule has 0 aliphatic carbocycles. The maximum absolute atomic E-state index is 13.0. The highest BCUT2D eigenvalue weighted by molar-refractivity contribution is 7.99. The molecule has 1 aliphatic heterocycles. The van der Waals surface area contributed by atoms with Gasteiger partial charge in [-0.3, -0.25) is 0 Å². The molecule has 2 heterocycles. The lowest BCUT2D eigenvalue weighted by molar-refractivity contribution is -0.139. The molecule has 0 saturated heterocycles. The van der Waals surface area contributed by atoms with E-state index < -0.39 is 11.9 Å². The highest BCUT2D eigenvalue weighted by Gasteiger charge is 2.37. The zero-order valence-corrected chi connectivity index (χ0v) is 19.9. The van der Waals surface area contributed by atoms with Gasteiger partial charge >= 0.3 is 5.97 Å². The normalized spacial score (nSPS) is 15.5. The number of hydrogen-bond donors (Lipinski definition) is 1. The van der Waals surface area contributed by atoms with Crippen molar-refractivity contribution in [2.45, 2.75) is 31.7 Å². The number of aryl methyl sites for hydroxylation is 2. The van der Waals surface area contributed by atoms with Gasteiger partial charge < -0.3 is 15.2 Å². The number of esters is 1. The van der Waals surface area contributed by atoms with Gasteiger partial charge in [0.2, 0.25) is 5.88 Å². The first kappa shape index (κ1) is 24.2. The second-order valence-electron chi connectivity index (χ2n) is 7.19. The van der Waals surface area contributed by atoms with Gasteiger partial charge in [-0.1, -0.05) is 35.5 Å². The molecular formula is C24H21ClN4O3S. The van der Waals surface area contributed by atoms with Crippen molar-refractivity contribution in [2.75, 3.05) is 12.4 Å². The summed E-state index contributed by atoms with van der Waals surface area (Å²) in [5.41, 5.74) is 9.06. The molecule has 0 saturated carbocycles. The molecule has 1 aliphatic rings. The monoisotopic (exact) mass is 480 g/mol. The fraction of sp³-hybridized carbons (Fsp3) is 0.250. The van der Waals surface area contributed by atoms with Crippen molar-refractivity contribution in [1.29, 1.82) is 10.5 Å². The van der Waals surface area contributed by atoms with Crippen LogP contribution < -0.4 is 5.73 Å². The predicted octanol–water partition coefficient (Wildman–Crippen LogP) is 4.64. The summed E-state index contributed by atoms with van der Waals surface area (Å²) >= 11 is 7.28. The van der Waals surface area contributed by atoms with Gasteiger partial charge in [0.1, 0.15) is 28.5 Å². The fourth-order valence-electron chi connectivity index (χ4n) is 3.52. The summed E-state index contributed by atoms with van der Waals surface area (Å²) in [5.74, 6) is -1.07. The van der Waals surface area contributed by atoms with Gasteiger partial charge in [0.05, 0.1) is 29.4 Å². The van der Waals surface area contributed by atoms with Crippen molar-refractivity contribution in [3.63, 3.8) is 0 Å². The quantitative estimate of drug-likeness (QED) is 0.468. The Balaban J connectivity index is 2.11. The topological polar surface area (TPSA) is 122 Å². The summed E-state index contributed by atoms with van der Waals surface area (Å²) in [6.45, 7) is 5.53. The molecule has 0 radical (unpaired) electrons. The minimum Gasteiger partial charge on any atom is -0.463 e. The number of nitrogens with zero attached hydrogens (tertiary/aromatic N) is 3. The van der Waals surface area contributed by atoms with E-state index in [9.17, 15) is 15.3 Å². The van der Waals surface area contributed by atoms with E-state index in [1.165, 1.54) is 11.8 Å². The molecule has 0 unspecified atom stereocenters. The zero-order chi connectivity index (χ0) is 24.1. The first-order valence-corrected chi connectivity index (χ1v) is 11.4. The number of halogens is 1. The van der Waals surface area contributed by atoms with Gasteiger partial charge in [-0.05, 0) is 50.1 Å². The van der Waals surface area contributed by atoms with Gasteiger partial charge in [-0.15, -0.1) is 0 Å². The lowest BCUT2D eigenvalue weighted by atomic mass is 9.83. The van der Waals surface area contributed by atoms with Gasteiger partial charge in [0.25, 0.3) is 0 Å². The maximum Gasteiger partial charge on any atom is 0.338 e. The molecule has 3 rings (SSSR count).